The molecule has 0 saturated heterocycles. The number of halogens is 1. The standard InChI is InChI=1S/C11H9BrN2S/c12-11-13-10(15-14-11)9-5-7-3-1-2-4-8(7)6-9/h1-4,9H,5-6H2. The van der Waals surface area contributed by atoms with Gasteiger partial charge in [0.2, 0.25) is 4.73 Å². The Morgan fingerprint density at radius 3 is 2.40 bits per heavy atom. The average molecular weight is 281 g/mol. The van der Waals surface area contributed by atoms with Crippen LogP contribution < -0.4 is 0 Å². The van der Waals surface area contributed by atoms with E-state index in [4.69, 9.17) is 0 Å². The number of hydrogen-bond acceptors (Lipinski definition) is 3. The maximum Gasteiger partial charge on any atom is 0.209 e. The fourth-order valence-electron chi connectivity index (χ4n) is 2.12. The van der Waals surface area contributed by atoms with Gasteiger partial charge in [0.05, 0.1) is 0 Å². The number of benzene rings is 1. The van der Waals surface area contributed by atoms with Gasteiger partial charge in [0.1, 0.15) is 5.01 Å². The molecule has 1 aromatic heterocycles. The predicted molar refractivity (Wildman–Crippen MR) is 64.2 cm³/mol. The molecule has 0 aliphatic heterocycles. The van der Waals surface area contributed by atoms with Gasteiger partial charge in [0.15, 0.2) is 0 Å². The van der Waals surface area contributed by atoms with Crippen molar-refractivity contribution in [3.63, 3.8) is 0 Å². The van der Waals surface area contributed by atoms with Crippen LogP contribution in [0.25, 0.3) is 0 Å². The van der Waals surface area contributed by atoms with E-state index in [2.05, 4.69) is 49.6 Å². The Morgan fingerprint density at radius 1 is 1.20 bits per heavy atom. The van der Waals surface area contributed by atoms with E-state index in [0.29, 0.717) is 5.92 Å². The second-order valence-corrected chi connectivity index (χ2v) is 5.27. The number of aromatic nitrogens is 2. The minimum Gasteiger partial charge on any atom is -0.214 e. The van der Waals surface area contributed by atoms with E-state index >= 15 is 0 Å². The van der Waals surface area contributed by atoms with E-state index in [1.807, 2.05) is 0 Å². The first-order valence-corrected chi connectivity index (χ1v) is 6.45. The van der Waals surface area contributed by atoms with Gasteiger partial charge in [-0.15, -0.1) is 0 Å². The first-order chi connectivity index (χ1) is 7.33. The van der Waals surface area contributed by atoms with E-state index in [1.165, 1.54) is 22.7 Å². The van der Waals surface area contributed by atoms with Gasteiger partial charge in [-0.2, -0.15) is 4.37 Å². The number of hydrogen-bond donors (Lipinski definition) is 0. The molecule has 15 heavy (non-hydrogen) atoms. The second kappa shape index (κ2) is 3.68. The zero-order valence-electron chi connectivity index (χ0n) is 7.98. The molecule has 0 amide bonds. The summed E-state index contributed by atoms with van der Waals surface area (Å²) in [5, 5.41) is 1.15. The lowest BCUT2D eigenvalue weighted by atomic mass is 10.1. The van der Waals surface area contributed by atoms with Crippen molar-refractivity contribution in [1.29, 1.82) is 0 Å². The molecule has 76 valence electrons. The van der Waals surface area contributed by atoms with Crippen LogP contribution in [0.15, 0.2) is 29.0 Å². The van der Waals surface area contributed by atoms with Crippen molar-refractivity contribution in [1.82, 2.24) is 9.36 Å². The second-order valence-electron chi connectivity index (χ2n) is 3.78. The van der Waals surface area contributed by atoms with E-state index in [1.54, 1.807) is 0 Å². The summed E-state index contributed by atoms with van der Waals surface area (Å²) in [5.41, 5.74) is 2.93. The molecule has 1 aromatic carbocycles. The van der Waals surface area contributed by atoms with Crippen molar-refractivity contribution < 1.29 is 0 Å². The molecule has 0 unspecified atom stereocenters. The van der Waals surface area contributed by atoms with Crippen molar-refractivity contribution in [2.45, 2.75) is 18.8 Å². The highest BCUT2D eigenvalue weighted by Gasteiger charge is 2.25. The summed E-state index contributed by atoms with van der Waals surface area (Å²) in [5.74, 6) is 0.534. The van der Waals surface area contributed by atoms with E-state index in [0.717, 1.165) is 22.6 Å². The van der Waals surface area contributed by atoms with Crippen molar-refractivity contribution in [2.75, 3.05) is 0 Å². The molecule has 2 aromatic rings. The third-order valence-corrected chi connectivity index (χ3v) is 4.28. The Balaban J connectivity index is 1.90. The molecule has 0 bridgehead atoms. The molecule has 0 saturated carbocycles. The number of rotatable bonds is 1. The lowest BCUT2D eigenvalue weighted by Gasteiger charge is -2.01. The molecule has 3 rings (SSSR count). The normalized spacial score (nSPS) is 15.5. The van der Waals surface area contributed by atoms with E-state index in [9.17, 15) is 0 Å². The van der Waals surface area contributed by atoms with Gasteiger partial charge < -0.3 is 0 Å². The monoisotopic (exact) mass is 280 g/mol. The van der Waals surface area contributed by atoms with Crippen molar-refractivity contribution in [3.05, 3.63) is 45.1 Å². The Hall–Kier alpha value is -0.740. The van der Waals surface area contributed by atoms with Crippen LogP contribution in [-0.2, 0) is 12.8 Å². The Kier molecular flexibility index (Phi) is 2.33. The SMILES string of the molecule is Brc1nsc(C2Cc3ccccc3C2)n1. The molecule has 0 atom stereocenters. The molecule has 0 spiro atoms. The minimum absolute atomic E-state index is 0.534. The maximum atomic E-state index is 4.40. The molecule has 1 aliphatic rings. The van der Waals surface area contributed by atoms with E-state index < -0.39 is 0 Å². The van der Waals surface area contributed by atoms with Gasteiger partial charge in [-0.05, 0) is 51.4 Å². The van der Waals surface area contributed by atoms with Crippen LogP contribution in [0.4, 0.5) is 0 Å². The van der Waals surface area contributed by atoms with Crippen LogP contribution in [0, 0.1) is 0 Å². The Labute approximate surface area is 101 Å². The maximum absolute atomic E-state index is 4.40. The molecule has 0 fully saturated rings. The van der Waals surface area contributed by atoms with Gasteiger partial charge in [0.25, 0.3) is 0 Å². The fourth-order valence-corrected chi connectivity index (χ4v) is 3.29. The summed E-state index contributed by atoms with van der Waals surface area (Å²) < 4.78 is 4.89. The first-order valence-electron chi connectivity index (χ1n) is 4.89. The minimum atomic E-state index is 0.534. The lowest BCUT2D eigenvalue weighted by Crippen LogP contribution is -1.96. The summed E-state index contributed by atoms with van der Waals surface area (Å²) >= 11 is 4.81. The van der Waals surface area contributed by atoms with Crippen LogP contribution in [-0.4, -0.2) is 9.36 Å². The number of nitrogens with zero attached hydrogens (tertiary/aromatic N) is 2. The molecular formula is C11H9BrN2S. The summed E-state index contributed by atoms with van der Waals surface area (Å²) in [4.78, 5) is 4.40. The van der Waals surface area contributed by atoms with Crippen LogP contribution in [0.2, 0.25) is 0 Å². The summed E-state index contributed by atoms with van der Waals surface area (Å²) in [6.45, 7) is 0. The quantitative estimate of drug-likeness (QED) is 0.802. The molecule has 0 radical (unpaired) electrons. The Morgan fingerprint density at radius 2 is 1.87 bits per heavy atom. The van der Waals surface area contributed by atoms with Crippen LogP contribution in [0.5, 0.6) is 0 Å². The largest absolute Gasteiger partial charge is 0.214 e. The molecule has 0 N–H and O–H groups in total. The summed E-state index contributed by atoms with van der Waals surface area (Å²) in [6, 6.07) is 8.64. The van der Waals surface area contributed by atoms with Gasteiger partial charge >= 0.3 is 0 Å². The average Bonchev–Trinajstić information content (AvgIpc) is 2.82. The van der Waals surface area contributed by atoms with Crippen molar-refractivity contribution in [3.8, 4) is 0 Å². The highest BCUT2D eigenvalue weighted by atomic mass is 79.9. The van der Waals surface area contributed by atoms with Gasteiger partial charge in [0, 0.05) is 5.92 Å². The summed E-state index contributed by atoms with van der Waals surface area (Å²) in [7, 11) is 0. The molecule has 1 aliphatic carbocycles. The zero-order valence-corrected chi connectivity index (χ0v) is 10.4. The number of fused-ring (bicyclic) bond motifs is 1. The molecule has 4 heteroatoms. The summed E-state index contributed by atoms with van der Waals surface area (Å²) in [6.07, 6.45) is 2.22. The lowest BCUT2D eigenvalue weighted by molar-refractivity contribution is 0.732. The Bertz CT molecular complexity index is 470. The predicted octanol–water partition coefficient (Wildman–Crippen LogP) is 3.18. The first kappa shape index (κ1) is 9.48. The van der Waals surface area contributed by atoms with Gasteiger partial charge in [-0.25, -0.2) is 4.98 Å². The van der Waals surface area contributed by atoms with Gasteiger partial charge in [-0.1, -0.05) is 24.3 Å². The van der Waals surface area contributed by atoms with Crippen LogP contribution in [0.1, 0.15) is 22.1 Å². The van der Waals surface area contributed by atoms with Gasteiger partial charge in [-0.3, -0.25) is 0 Å². The molecule has 2 nitrogen and oxygen atoms in total. The molecule has 1 heterocycles. The molecular weight excluding hydrogens is 272 g/mol. The third-order valence-electron chi connectivity index (χ3n) is 2.82. The topological polar surface area (TPSA) is 25.8 Å². The highest BCUT2D eigenvalue weighted by Crippen LogP contribution is 2.34. The van der Waals surface area contributed by atoms with Crippen molar-refractivity contribution >= 4 is 27.5 Å². The third kappa shape index (κ3) is 1.72. The van der Waals surface area contributed by atoms with Crippen LogP contribution in [0.3, 0.4) is 0 Å². The van der Waals surface area contributed by atoms with Crippen LogP contribution >= 0.6 is 27.5 Å². The highest BCUT2D eigenvalue weighted by molar-refractivity contribution is 9.10. The smallest absolute Gasteiger partial charge is 0.209 e. The zero-order chi connectivity index (χ0) is 10.3. The van der Waals surface area contributed by atoms with E-state index in [-0.39, 0.29) is 0 Å². The van der Waals surface area contributed by atoms with Crippen molar-refractivity contribution in [2.24, 2.45) is 0 Å². The fraction of sp³-hybridized carbons (Fsp3) is 0.273.